The highest BCUT2D eigenvalue weighted by Gasteiger charge is 2.38. The summed E-state index contributed by atoms with van der Waals surface area (Å²) in [6, 6.07) is 12.9. The Morgan fingerprint density at radius 1 is 1.05 bits per heavy atom. The van der Waals surface area contributed by atoms with Gasteiger partial charge in [0.15, 0.2) is 0 Å². The molecule has 1 aliphatic rings. The highest BCUT2D eigenvalue weighted by Crippen LogP contribution is 2.22. The Bertz CT molecular complexity index is 1360. The van der Waals surface area contributed by atoms with Gasteiger partial charge in [0.25, 0.3) is 0 Å². The zero-order valence-corrected chi connectivity index (χ0v) is 23.9. The van der Waals surface area contributed by atoms with Gasteiger partial charge in [-0.05, 0) is 48.5 Å². The number of thioether (sulfide) groups is 1. The van der Waals surface area contributed by atoms with Gasteiger partial charge in [-0.1, -0.05) is 48.5 Å². The predicted molar refractivity (Wildman–Crippen MR) is 159 cm³/mol. The largest absolute Gasteiger partial charge is 0.480 e. The van der Waals surface area contributed by atoms with Crippen LogP contribution in [-0.2, 0) is 32.0 Å². The van der Waals surface area contributed by atoms with Gasteiger partial charge in [-0.2, -0.15) is 11.8 Å². The quantitative estimate of drug-likeness (QED) is 0.207. The van der Waals surface area contributed by atoms with Crippen LogP contribution in [0.25, 0.3) is 10.9 Å². The van der Waals surface area contributed by atoms with Crippen LogP contribution in [-0.4, -0.2) is 81.4 Å². The minimum Gasteiger partial charge on any atom is -0.480 e. The highest BCUT2D eigenvalue weighted by atomic mass is 32.2. The SMILES string of the molecule is CSCCC(N)C(=O)N1CCCC1C(=O)NC(Cc1c[nH]c2ccccc12)C(=O)NC(Cc1ccccc1)C(=O)O. The summed E-state index contributed by atoms with van der Waals surface area (Å²) in [5.41, 5.74) is 8.57. The lowest BCUT2D eigenvalue weighted by atomic mass is 10.0. The van der Waals surface area contributed by atoms with Gasteiger partial charge >= 0.3 is 5.97 Å². The number of nitrogens with two attached hydrogens (primary N) is 1. The second kappa shape index (κ2) is 14.2. The smallest absolute Gasteiger partial charge is 0.326 e. The summed E-state index contributed by atoms with van der Waals surface area (Å²) in [6.07, 6.45) is 5.56. The number of fused-ring (bicyclic) bond motifs is 1. The summed E-state index contributed by atoms with van der Waals surface area (Å²) in [7, 11) is 0. The topological polar surface area (TPSA) is 158 Å². The van der Waals surface area contributed by atoms with Crippen molar-refractivity contribution in [2.24, 2.45) is 5.73 Å². The maximum Gasteiger partial charge on any atom is 0.326 e. The van der Waals surface area contributed by atoms with Crippen LogP contribution < -0.4 is 16.4 Å². The number of H-pyrrole nitrogens is 1. The van der Waals surface area contributed by atoms with E-state index in [9.17, 15) is 24.3 Å². The molecule has 0 radical (unpaired) electrons. The number of hydrogen-bond acceptors (Lipinski definition) is 6. The summed E-state index contributed by atoms with van der Waals surface area (Å²) >= 11 is 1.60. The van der Waals surface area contributed by atoms with Gasteiger partial charge in [0.2, 0.25) is 17.7 Å². The van der Waals surface area contributed by atoms with E-state index in [0.29, 0.717) is 25.8 Å². The Balaban J connectivity index is 1.54. The third-order valence-corrected chi connectivity index (χ3v) is 8.06. The molecule has 1 aromatic heterocycles. The van der Waals surface area contributed by atoms with Crippen molar-refractivity contribution in [2.75, 3.05) is 18.6 Å². The zero-order chi connectivity index (χ0) is 29.4. The maximum atomic E-state index is 13.6. The molecule has 3 aromatic rings. The fourth-order valence-electron chi connectivity index (χ4n) is 5.20. The molecule has 41 heavy (non-hydrogen) atoms. The number of benzene rings is 2. The van der Waals surface area contributed by atoms with Gasteiger partial charge in [-0.25, -0.2) is 4.79 Å². The lowest BCUT2D eigenvalue weighted by molar-refractivity contribution is -0.143. The van der Waals surface area contributed by atoms with Crippen LogP contribution in [0.4, 0.5) is 0 Å². The first-order valence-corrected chi connectivity index (χ1v) is 15.1. The van der Waals surface area contributed by atoms with Gasteiger partial charge in [-0.3, -0.25) is 14.4 Å². The van der Waals surface area contributed by atoms with E-state index in [1.165, 1.54) is 4.90 Å². The lowest BCUT2D eigenvalue weighted by Gasteiger charge is -2.28. The van der Waals surface area contributed by atoms with E-state index in [1.807, 2.05) is 36.6 Å². The molecule has 1 fully saturated rings. The van der Waals surface area contributed by atoms with Crippen molar-refractivity contribution in [3.63, 3.8) is 0 Å². The van der Waals surface area contributed by atoms with Crippen molar-refractivity contribution in [3.05, 3.63) is 71.9 Å². The van der Waals surface area contributed by atoms with Crippen LogP contribution >= 0.6 is 11.8 Å². The number of nitrogens with zero attached hydrogens (tertiary/aromatic N) is 1. The number of aromatic amines is 1. The molecule has 11 heteroatoms. The molecule has 4 rings (SSSR count). The van der Waals surface area contributed by atoms with E-state index in [4.69, 9.17) is 5.73 Å². The first-order valence-electron chi connectivity index (χ1n) is 13.8. The van der Waals surface area contributed by atoms with Crippen molar-refractivity contribution in [1.29, 1.82) is 0 Å². The molecule has 4 atom stereocenters. The summed E-state index contributed by atoms with van der Waals surface area (Å²) in [5, 5.41) is 16.2. The number of likely N-dealkylation sites (tertiary alicyclic amines) is 1. The molecule has 2 aromatic carbocycles. The number of aromatic nitrogens is 1. The number of rotatable bonds is 13. The van der Waals surface area contributed by atoms with E-state index in [-0.39, 0.29) is 18.7 Å². The molecule has 2 heterocycles. The van der Waals surface area contributed by atoms with Gasteiger partial charge in [0, 0.05) is 36.5 Å². The molecule has 1 saturated heterocycles. The number of hydrogen-bond donors (Lipinski definition) is 5. The molecule has 10 nitrogen and oxygen atoms in total. The number of amides is 3. The zero-order valence-electron chi connectivity index (χ0n) is 23.0. The monoisotopic (exact) mass is 579 g/mol. The molecular weight excluding hydrogens is 542 g/mol. The molecule has 4 unspecified atom stereocenters. The van der Waals surface area contributed by atoms with Crippen molar-refractivity contribution in [1.82, 2.24) is 20.5 Å². The van der Waals surface area contributed by atoms with Gasteiger partial charge in [-0.15, -0.1) is 0 Å². The standard InChI is InChI=1S/C30H37N5O5S/c1-41-15-13-22(31)29(38)35-14-7-12-26(35)28(37)33-24(17-20-18-32-23-11-6-5-10-21(20)23)27(36)34-25(30(39)40)16-19-8-3-2-4-9-19/h2-6,8-11,18,22,24-26,32H,7,12-17,31H2,1H3,(H,33,37)(H,34,36)(H,39,40). The summed E-state index contributed by atoms with van der Waals surface area (Å²) in [4.78, 5) is 57.0. The predicted octanol–water partition coefficient (Wildman–Crippen LogP) is 2.08. The number of carbonyl (C=O) groups is 4. The minimum atomic E-state index is -1.19. The van der Waals surface area contributed by atoms with Crippen LogP contribution in [0.3, 0.4) is 0 Å². The average Bonchev–Trinajstić information content (AvgIpc) is 3.63. The Kier molecular flexibility index (Phi) is 10.4. The van der Waals surface area contributed by atoms with Crippen LogP contribution in [0, 0.1) is 0 Å². The Hall–Kier alpha value is -3.83. The summed E-state index contributed by atoms with van der Waals surface area (Å²) in [5.74, 6) is -1.78. The molecular formula is C30H37N5O5S. The minimum absolute atomic E-state index is 0.0918. The molecule has 0 saturated carbocycles. The first kappa shape index (κ1) is 30.1. The Morgan fingerprint density at radius 3 is 2.51 bits per heavy atom. The number of carboxylic acids is 1. The fraction of sp³-hybridized carbons (Fsp3) is 0.400. The normalized spacial score (nSPS) is 17.1. The van der Waals surface area contributed by atoms with Gasteiger partial charge < -0.3 is 31.4 Å². The molecule has 1 aliphatic heterocycles. The summed E-state index contributed by atoms with van der Waals surface area (Å²) < 4.78 is 0. The molecule has 6 N–H and O–H groups in total. The highest BCUT2D eigenvalue weighted by molar-refractivity contribution is 7.98. The second-order valence-corrected chi connectivity index (χ2v) is 11.3. The first-order chi connectivity index (χ1) is 19.8. The lowest BCUT2D eigenvalue weighted by Crippen LogP contribution is -2.57. The van der Waals surface area contributed by atoms with Gasteiger partial charge in [0.1, 0.15) is 18.1 Å². The molecule has 0 spiro atoms. The maximum absolute atomic E-state index is 13.6. The fourth-order valence-corrected chi connectivity index (χ4v) is 5.69. The van der Waals surface area contributed by atoms with Crippen LogP contribution in [0.1, 0.15) is 30.4 Å². The van der Waals surface area contributed by atoms with Crippen LogP contribution in [0.5, 0.6) is 0 Å². The Labute approximate surface area is 243 Å². The van der Waals surface area contributed by atoms with Crippen molar-refractivity contribution < 1.29 is 24.3 Å². The van der Waals surface area contributed by atoms with E-state index >= 15 is 0 Å². The number of nitrogens with one attached hydrogen (secondary N) is 3. The van der Waals surface area contributed by atoms with E-state index in [0.717, 1.165) is 27.8 Å². The van der Waals surface area contributed by atoms with Gasteiger partial charge in [0.05, 0.1) is 6.04 Å². The molecule has 218 valence electrons. The Morgan fingerprint density at radius 2 is 1.78 bits per heavy atom. The van der Waals surface area contributed by atoms with E-state index < -0.39 is 42.0 Å². The number of para-hydroxylation sites is 1. The molecule has 0 aliphatic carbocycles. The second-order valence-electron chi connectivity index (χ2n) is 10.3. The molecule has 3 amide bonds. The van der Waals surface area contributed by atoms with Crippen molar-refractivity contribution in [3.8, 4) is 0 Å². The third-order valence-electron chi connectivity index (χ3n) is 7.42. The van der Waals surface area contributed by atoms with E-state index in [1.54, 1.807) is 42.2 Å². The van der Waals surface area contributed by atoms with E-state index in [2.05, 4.69) is 15.6 Å². The number of aliphatic carboxylic acids is 1. The van der Waals surface area contributed by atoms with Crippen molar-refractivity contribution in [2.45, 2.75) is 56.3 Å². The summed E-state index contributed by atoms with van der Waals surface area (Å²) in [6.45, 7) is 0.418. The average molecular weight is 580 g/mol. The number of carboxylic acid groups (broad SMARTS) is 1. The number of carbonyl (C=O) groups excluding carboxylic acids is 3. The molecule has 0 bridgehead atoms. The van der Waals surface area contributed by atoms with Crippen LogP contribution in [0.15, 0.2) is 60.8 Å². The van der Waals surface area contributed by atoms with Crippen molar-refractivity contribution >= 4 is 46.4 Å². The van der Waals surface area contributed by atoms with Crippen LogP contribution in [0.2, 0.25) is 0 Å². The third kappa shape index (κ3) is 7.68.